The Morgan fingerprint density at radius 3 is 2.50 bits per heavy atom. The van der Waals surface area contributed by atoms with Gasteiger partial charge in [0.05, 0.1) is 0 Å². The van der Waals surface area contributed by atoms with Crippen LogP contribution >= 0.6 is 0 Å². The van der Waals surface area contributed by atoms with Crippen LogP contribution in [0.5, 0.6) is 0 Å². The minimum atomic E-state index is 0.237. The Morgan fingerprint density at radius 2 is 1.86 bits per heavy atom. The Kier molecular flexibility index (Phi) is 6.68. The largest absolute Gasteiger partial charge is 0.369 e. The maximum absolute atomic E-state index is 12.0. The highest BCUT2D eigenvalue weighted by Gasteiger charge is 2.18. The Hall–Kier alpha value is -1.59. The Labute approximate surface area is 133 Å². The maximum atomic E-state index is 12.0. The summed E-state index contributed by atoms with van der Waals surface area (Å²) in [6, 6.07) is 10.5. The van der Waals surface area contributed by atoms with Crippen molar-refractivity contribution in [3.63, 3.8) is 0 Å². The zero-order valence-corrected chi connectivity index (χ0v) is 13.8. The summed E-state index contributed by atoms with van der Waals surface area (Å²) in [6.45, 7) is 6.62. The van der Waals surface area contributed by atoms with Crippen LogP contribution < -0.4 is 10.2 Å². The molecule has 122 valence electrons. The standard InChI is InChI=1S/C17H28N4O/c1-18-9-11-19(2)17(22)8-10-20-12-14-21(15-13-20)16-6-4-3-5-7-16/h3-7,18H,8-15H2,1-2H3. The van der Waals surface area contributed by atoms with Crippen LogP contribution in [0.4, 0.5) is 5.69 Å². The molecule has 5 nitrogen and oxygen atoms in total. The molecule has 1 aliphatic heterocycles. The van der Waals surface area contributed by atoms with E-state index in [0.29, 0.717) is 6.42 Å². The summed E-state index contributed by atoms with van der Waals surface area (Å²) in [4.78, 5) is 18.7. The number of carbonyl (C=O) groups is 1. The second-order valence-electron chi connectivity index (χ2n) is 5.83. The second-order valence-corrected chi connectivity index (χ2v) is 5.83. The molecule has 1 heterocycles. The lowest BCUT2D eigenvalue weighted by Gasteiger charge is -2.36. The third-order valence-electron chi connectivity index (χ3n) is 4.26. The van der Waals surface area contributed by atoms with Gasteiger partial charge in [-0.05, 0) is 19.2 Å². The van der Waals surface area contributed by atoms with Gasteiger partial charge in [-0.25, -0.2) is 0 Å². The van der Waals surface area contributed by atoms with Crippen LogP contribution in [0.25, 0.3) is 0 Å². The predicted octanol–water partition coefficient (Wildman–Crippen LogP) is 0.877. The molecule has 0 saturated carbocycles. The fraction of sp³-hybridized carbons (Fsp3) is 0.588. The number of anilines is 1. The molecular weight excluding hydrogens is 276 g/mol. The highest BCUT2D eigenvalue weighted by molar-refractivity contribution is 5.76. The van der Waals surface area contributed by atoms with Crippen molar-refractivity contribution in [3.05, 3.63) is 30.3 Å². The second kappa shape index (κ2) is 8.76. The lowest BCUT2D eigenvalue weighted by atomic mass is 10.2. The van der Waals surface area contributed by atoms with Gasteiger partial charge in [0.2, 0.25) is 5.91 Å². The SMILES string of the molecule is CNCCN(C)C(=O)CCN1CCN(c2ccccc2)CC1. The smallest absolute Gasteiger partial charge is 0.223 e. The van der Waals surface area contributed by atoms with Crippen LogP contribution in [0, 0.1) is 0 Å². The first-order valence-electron chi connectivity index (χ1n) is 8.11. The van der Waals surface area contributed by atoms with Crippen molar-refractivity contribution >= 4 is 11.6 Å². The number of hydrogen-bond donors (Lipinski definition) is 1. The van der Waals surface area contributed by atoms with Gasteiger partial charge in [-0.1, -0.05) is 18.2 Å². The molecular formula is C17H28N4O. The summed E-state index contributed by atoms with van der Waals surface area (Å²) in [5.41, 5.74) is 1.30. The number of rotatable bonds is 7. The van der Waals surface area contributed by atoms with Crippen molar-refractivity contribution in [2.24, 2.45) is 0 Å². The molecule has 0 unspecified atom stereocenters. The number of likely N-dealkylation sites (N-methyl/N-ethyl adjacent to an activating group) is 2. The van der Waals surface area contributed by atoms with Crippen LogP contribution in [0.1, 0.15) is 6.42 Å². The van der Waals surface area contributed by atoms with Crippen molar-refractivity contribution in [2.75, 3.05) is 64.8 Å². The van der Waals surface area contributed by atoms with E-state index < -0.39 is 0 Å². The average Bonchev–Trinajstić information content (AvgIpc) is 2.58. The molecule has 0 spiro atoms. The van der Waals surface area contributed by atoms with E-state index in [0.717, 1.165) is 45.8 Å². The minimum absolute atomic E-state index is 0.237. The molecule has 0 aliphatic carbocycles. The number of para-hydroxylation sites is 1. The van der Waals surface area contributed by atoms with Crippen LogP contribution in [0.15, 0.2) is 30.3 Å². The van der Waals surface area contributed by atoms with E-state index >= 15 is 0 Å². The number of carbonyl (C=O) groups excluding carboxylic acids is 1. The van der Waals surface area contributed by atoms with Gasteiger partial charge in [0.1, 0.15) is 0 Å². The zero-order chi connectivity index (χ0) is 15.8. The zero-order valence-electron chi connectivity index (χ0n) is 13.8. The van der Waals surface area contributed by atoms with Crippen molar-refractivity contribution in [1.82, 2.24) is 15.1 Å². The predicted molar refractivity (Wildman–Crippen MR) is 91.3 cm³/mol. The van der Waals surface area contributed by atoms with E-state index in [2.05, 4.69) is 45.4 Å². The summed E-state index contributed by atoms with van der Waals surface area (Å²) in [5.74, 6) is 0.237. The Bertz CT molecular complexity index is 443. The van der Waals surface area contributed by atoms with Gasteiger partial charge in [-0.2, -0.15) is 0 Å². The van der Waals surface area contributed by atoms with E-state index in [-0.39, 0.29) is 5.91 Å². The number of nitrogens with zero attached hydrogens (tertiary/aromatic N) is 3. The van der Waals surface area contributed by atoms with Crippen molar-refractivity contribution < 1.29 is 4.79 Å². The summed E-state index contributed by atoms with van der Waals surface area (Å²) in [6.07, 6.45) is 0.617. The van der Waals surface area contributed by atoms with Gasteiger partial charge in [-0.3, -0.25) is 9.69 Å². The number of piperazine rings is 1. The molecule has 5 heteroatoms. The molecule has 1 fully saturated rings. The molecule has 1 aliphatic rings. The number of amides is 1. The molecule has 1 aromatic rings. The van der Waals surface area contributed by atoms with Crippen molar-refractivity contribution in [3.8, 4) is 0 Å². The van der Waals surface area contributed by atoms with Crippen LogP contribution in [-0.2, 0) is 4.79 Å². The van der Waals surface area contributed by atoms with Gasteiger partial charge >= 0.3 is 0 Å². The van der Waals surface area contributed by atoms with Gasteiger partial charge < -0.3 is 15.1 Å². The number of hydrogen-bond acceptors (Lipinski definition) is 4. The molecule has 1 N–H and O–H groups in total. The van der Waals surface area contributed by atoms with Gasteiger partial charge in [0.15, 0.2) is 0 Å². The van der Waals surface area contributed by atoms with Crippen LogP contribution in [0.2, 0.25) is 0 Å². The molecule has 1 aromatic carbocycles. The van der Waals surface area contributed by atoms with E-state index in [1.807, 2.05) is 19.0 Å². The monoisotopic (exact) mass is 304 g/mol. The third kappa shape index (κ3) is 5.00. The van der Waals surface area contributed by atoms with Gasteiger partial charge in [0, 0.05) is 65.0 Å². The Balaban J connectivity index is 1.68. The fourth-order valence-corrected chi connectivity index (χ4v) is 2.72. The number of nitrogens with one attached hydrogen (secondary N) is 1. The highest BCUT2D eigenvalue weighted by Crippen LogP contribution is 2.15. The first-order valence-corrected chi connectivity index (χ1v) is 8.11. The fourth-order valence-electron chi connectivity index (χ4n) is 2.72. The molecule has 2 rings (SSSR count). The third-order valence-corrected chi connectivity index (χ3v) is 4.26. The first kappa shape index (κ1) is 16.8. The molecule has 1 saturated heterocycles. The summed E-state index contributed by atoms with van der Waals surface area (Å²) >= 11 is 0. The van der Waals surface area contributed by atoms with Crippen LogP contribution in [-0.4, -0.2) is 75.6 Å². The van der Waals surface area contributed by atoms with Crippen molar-refractivity contribution in [2.45, 2.75) is 6.42 Å². The number of benzene rings is 1. The van der Waals surface area contributed by atoms with E-state index in [1.54, 1.807) is 0 Å². The highest BCUT2D eigenvalue weighted by atomic mass is 16.2. The molecule has 0 aromatic heterocycles. The summed E-state index contributed by atoms with van der Waals surface area (Å²) < 4.78 is 0. The summed E-state index contributed by atoms with van der Waals surface area (Å²) in [7, 11) is 3.79. The molecule has 0 bridgehead atoms. The normalized spacial score (nSPS) is 15.8. The maximum Gasteiger partial charge on any atom is 0.223 e. The molecule has 0 radical (unpaired) electrons. The van der Waals surface area contributed by atoms with E-state index in [1.165, 1.54) is 5.69 Å². The summed E-state index contributed by atoms with van der Waals surface area (Å²) in [5, 5.41) is 3.07. The first-order chi connectivity index (χ1) is 10.7. The van der Waals surface area contributed by atoms with Crippen LogP contribution in [0.3, 0.4) is 0 Å². The molecule has 0 atom stereocenters. The quantitative estimate of drug-likeness (QED) is 0.811. The lowest BCUT2D eigenvalue weighted by molar-refractivity contribution is -0.130. The average molecular weight is 304 g/mol. The molecule has 22 heavy (non-hydrogen) atoms. The van der Waals surface area contributed by atoms with Gasteiger partial charge in [-0.15, -0.1) is 0 Å². The molecule has 1 amide bonds. The van der Waals surface area contributed by atoms with Crippen molar-refractivity contribution in [1.29, 1.82) is 0 Å². The lowest BCUT2D eigenvalue weighted by Crippen LogP contribution is -2.47. The topological polar surface area (TPSA) is 38.8 Å². The minimum Gasteiger partial charge on any atom is -0.369 e. The van der Waals surface area contributed by atoms with E-state index in [4.69, 9.17) is 0 Å². The van der Waals surface area contributed by atoms with E-state index in [9.17, 15) is 4.79 Å². The van der Waals surface area contributed by atoms with Gasteiger partial charge in [0.25, 0.3) is 0 Å². The Morgan fingerprint density at radius 1 is 1.18 bits per heavy atom.